The van der Waals surface area contributed by atoms with Gasteiger partial charge < -0.3 is 34.7 Å². The van der Waals surface area contributed by atoms with Crippen LogP contribution in [0.2, 0.25) is 0 Å². The van der Waals surface area contributed by atoms with Crippen LogP contribution >= 0.6 is 15.4 Å². The van der Waals surface area contributed by atoms with Crippen LogP contribution in [0.1, 0.15) is 6.92 Å². The minimum Gasteiger partial charge on any atom is -0.387 e. The van der Waals surface area contributed by atoms with Crippen molar-refractivity contribution in [1.29, 1.82) is 0 Å². The molecule has 0 aliphatic carbocycles. The highest BCUT2D eigenvalue weighted by atomic mass is 31.3. The number of hydrogen-bond acceptors (Lipinski definition) is 7. The van der Waals surface area contributed by atoms with Crippen molar-refractivity contribution in [2.45, 2.75) is 36.9 Å². The van der Waals surface area contributed by atoms with Gasteiger partial charge in [0.25, 0.3) is 0 Å². The van der Waals surface area contributed by atoms with Gasteiger partial charge in [-0.15, -0.1) is 0 Å². The van der Waals surface area contributed by atoms with Gasteiger partial charge in [-0.3, -0.25) is 4.57 Å². The molecule has 1 rings (SSSR count). The highest BCUT2D eigenvalue weighted by Gasteiger charge is 2.62. The van der Waals surface area contributed by atoms with E-state index >= 15 is 0 Å². The number of alkyl halides is 1. The zero-order valence-electron chi connectivity index (χ0n) is 9.40. The number of halogens is 1. The number of rotatable bonds is 3. The minimum absolute atomic E-state index is 0.631. The van der Waals surface area contributed by atoms with Crippen molar-refractivity contribution in [2.24, 2.45) is 0 Å². The molecule has 0 spiro atoms. The lowest BCUT2D eigenvalue weighted by Gasteiger charge is -2.45. The topological polar surface area (TPSA) is 174 Å². The van der Waals surface area contributed by atoms with Crippen LogP contribution in [0.25, 0.3) is 0 Å². The fraction of sp³-hybridized carbons (Fsp3) is 1.00. The van der Waals surface area contributed by atoms with E-state index in [4.69, 9.17) is 14.9 Å². The highest BCUT2D eigenvalue weighted by Crippen LogP contribution is 2.67. The molecule has 1 saturated heterocycles. The Bertz CT molecular complexity index is 438. The van der Waals surface area contributed by atoms with Crippen molar-refractivity contribution >= 4 is 15.4 Å². The Morgan fingerprint density at radius 2 is 1.68 bits per heavy atom. The van der Waals surface area contributed by atoms with E-state index in [0.717, 1.165) is 0 Å². The molecule has 10 nitrogen and oxygen atoms in total. The number of aliphatic hydroxyl groups is 3. The quantitative estimate of drug-likeness (QED) is 0.332. The molecule has 0 aromatic rings. The van der Waals surface area contributed by atoms with E-state index in [1.54, 1.807) is 0 Å². The first-order valence-corrected chi connectivity index (χ1v) is 7.88. The summed E-state index contributed by atoms with van der Waals surface area (Å²) in [5, 5.41) is 25.1. The maximum absolute atomic E-state index is 13.1. The standard InChI is InChI=1S/C6H13FO10P2/c1-6(18(11,12)17-19(13,14)15)4(9)3(8)2(7)5(10)16-6/h2-5,8-10H,1H3,(H,11,12)(H2,13,14,15)/t2-,3-,4-,5-,6+/m0/s1. The second-order valence-corrected chi connectivity index (χ2v) is 7.60. The Labute approximate surface area is 106 Å². The van der Waals surface area contributed by atoms with Gasteiger partial charge in [0.05, 0.1) is 0 Å². The maximum atomic E-state index is 13.1. The number of hydrogen-bond donors (Lipinski definition) is 6. The van der Waals surface area contributed by atoms with Crippen molar-refractivity contribution in [3.8, 4) is 0 Å². The average Bonchev–Trinajstić information content (AvgIpc) is 2.20. The van der Waals surface area contributed by atoms with Gasteiger partial charge in [-0.25, -0.2) is 13.3 Å². The van der Waals surface area contributed by atoms with E-state index in [1.165, 1.54) is 0 Å². The number of ether oxygens (including phenoxy) is 1. The van der Waals surface area contributed by atoms with Gasteiger partial charge in [-0.05, 0) is 6.92 Å². The molecule has 1 aliphatic heterocycles. The molecular formula is C6H13FO10P2. The zero-order chi connectivity index (χ0) is 15.2. The lowest BCUT2D eigenvalue weighted by atomic mass is 10.0. The summed E-state index contributed by atoms with van der Waals surface area (Å²) in [6.07, 6.45) is -9.54. The molecule has 1 fully saturated rings. The molecule has 6 atom stereocenters. The molecule has 1 heterocycles. The van der Waals surface area contributed by atoms with Gasteiger partial charge in [0.2, 0.25) is 0 Å². The predicted molar refractivity (Wildman–Crippen MR) is 55.4 cm³/mol. The number of aliphatic hydroxyl groups excluding tert-OH is 3. The molecule has 13 heteroatoms. The Hall–Kier alpha value is 0.0700. The molecule has 1 unspecified atom stereocenters. The van der Waals surface area contributed by atoms with E-state index in [9.17, 15) is 28.6 Å². The normalized spacial score (nSPS) is 43.8. The largest absolute Gasteiger partial charge is 0.476 e. The molecular weight excluding hydrogens is 313 g/mol. The summed E-state index contributed by atoms with van der Waals surface area (Å²) in [7, 11) is -10.8. The van der Waals surface area contributed by atoms with Gasteiger partial charge in [0.15, 0.2) is 17.8 Å². The lowest BCUT2D eigenvalue weighted by molar-refractivity contribution is -0.280. The molecule has 0 radical (unpaired) electrons. The van der Waals surface area contributed by atoms with Gasteiger partial charge in [0, 0.05) is 0 Å². The van der Waals surface area contributed by atoms with E-state index < -0.39 is 45.4 Å². The maximum Gasteiger partial charge on any atom is 0.476 e. The zero-order valence-corrected chi connectivity index (χ0v) is 11.2. The monoisotopic (exact) mass is 326 g/mol. The van der Waals surface area contributed by atoms with E-state index in [0.29, 0.717) is 6.92 Å². The van der Waals surface area contributed by atoms with Crippen molar-refractivity contribution in [3.63, 3.8) is 0 Å². The first-order valence-electron chi connectivity index (χ1n) is 4.78. The van der Waals surface area contributed by atoms with E-state index in [1.807, 2.05) is 0 Å². The summed E-state index contributed by atoms with van der Waals surface area (Å²) in [5.41, 5.74) is 0. The molecule has 1 aliphatic rings. The summed E-state index contributed by atoms with van der Waals surface area (Å²) in [4.78, 5) is 26.4. The first-order chi connectivity index (χ1) is 8.32. The Morgan fingerprint density at radius 1 is 1.21 bits per heavy atom. The minimum atomic E-state index is -5.44. The molecule has 0 amide bonds. The van der Waals surface area contributed by atoms with Crippen LogP contribution in [-0.4, -0.2) is 60.0 Å². The molecule has 114 valence electrons. The molecule has 0 bridgehead atoms. The van der Waals surface area contributed by atoms with Crippen molar-refractivity contribution in [1.82, 2.24) is 0 Å². The van der Waals surface area contributed by atoms with Crippen LogP contribution in [0, 0.1) is 0 Å². The van der Waals surface area contributed by atoms with Crippen LogP contribution in [0.4, 0.5) is 4.39 Å². The Morgan fingerprint density at radius 3 is 2.11 bits per heavy atom. The van der Waals surface area contributed by atoms with Crippen LogP contribution < -0.4 is 0 Å². The summed E-state index contributed by atoms with van der Waals surface area (Å²) in [6.45, 7) is 0.631. The molecule has 6 N–H and O–H groups in total. The summed E-state index contributed by atoms with van der Waals surface area (Å²) >= 11 is 0. The van der Waals surface area contributed by atoms with Crippen LogP contribution in [-0.2, 0) is 18.2 Å². The number of phosphoric acid groups is 1. The molecule has 0 aromatic heterocycles. The third kappa shape index (κ3) is 3.22. The van der Waals surface area contributed by atoms with Crippen LogP contribution in [0.15, 0.2) is 0 Å². The Balaban J connectivity index is 3.15. The smallest absolute Gasteiger partial charge is 0.387 e. The van der Waals surface area contributed by atoms with Gasteiger partial charge in [0.1, 0.15) is 12.2 Å². The van der Waals surface area contributed by atoms with Gasteiger partial charge >= 0.3 is 15.4 Å². The Kier molecular flexibility index (Phi) is 4.61. The van der Waals surface area contributed by atoms with Gasteiger partial charge in [-0.2, -0.15) is 0 Å². The molecule has 0 aromatic carbocycles. The summed E-state index contributed by atoms with van der Waals surface area (Å²) in [6, 6.07) is 0. The molecule has 19 heavy (non-hydrogen) atoms. The third-order valence-electron chi connectivity index (χ3n) is 2.61. The van der Waals surface area contributed by atoms with Crippen molar-refractivity contribution in [3.05, 3.63) is 0 Å². The summed E-state index contributed by atoms with van der Waals surface area (Å²) in [5.74, 6) is 0. The van der Waals surface area contributed by atoms with Crippen LogP contribution in [0.5, 0.6) is 0 Å². The SMILES string of the molecule is C[C@]1(P(=O)(O)OP(=O)(O)O)O[C@H](O)[C@@H](F)[C@H](O)[C@@H]1O. The first kappa shape index (κ1) is 17.1. The molecule has 0 saturated carbocycles. The third-order valence-corrected chi connectivity index (χ3v) is 5.84. The average molecular weight is 326 g/mol. The second kappa shape index (κ2) is 5.12. The van der Waals surface area contributed by atoms with Crippen LogP contribution in [0.3, 0.4) is 0 Å². The van der Waals surface area contributed by atoms with E-state index in [-0.39, 0.29) is 0 Å². The predicted octanol–water partition coefficient (Wildman–Crippen LogP) is -1.59. The fourth-order valence-electron chi connectivity index (χ4n) is 1.50. The van der Waals surface area contributed by atoms with Gasteiger partial charge in [-0.1, -0.05) is 0 Å². The summed E-state index contributed by atoms with van der Waals surface area (Å²) < 4.78 is 43.4. The van der Waals surface area contributed by atoms with E-state index in [2.05, 4.69) is 9.05 Å². The lowest BCUT2D eigenvalue weighted by Crippen LogP contribution is -2.61. The second-order valence-electron chi connectivity index (χ2n) is 4.04. The fourth-order valence-corrected chi connectivity index (χ4v) is 4.03. The van der Waals surface area contributed by atoms with Crippen molar-refractivity contribution < 1.29 is 52.6 Å². The highest BCUT2D eigenvalue weighted by molar-refractivity contribution is 7.64. The van der Waals surface area contributed by atoms with Crippen molar-refractivity contribution in [2.75, 3.05) is 0 Å².